The standard InChI is InChI=1S/C20H20F4N2O2/c21-17-3-1-2-4-18(17)28-14-13-25-9-11-26(12-10-25)19(27)15-5-7-16(8-6-15)20(22,23)24/h1-8H,9-14H2. The highest BCUT2D eigenvalue weighted by Gasteiger charge is 2.30. The lowest BCUT2D eigenvalue weighted by Crippen LogP contribution is -2.49. The zero-order valence-corrected chi connectivity index (χ0v) is 15.1. The van der Waals surface area contributed by atoms with Crippen molar-refractivity contribution in [1.29, 1.82) is 0 Å². The summed E-state index contributed by atoms with van der Waals surface area (Å²) in [6.45, 7) is 3.10. The van der Waals surface area contributed by atoms with Crippen LogP contribution in [0.4, 0.5) is 17.6 Å². The zero-order valence-electron chi connectivity index (χ0n) is 15.1. The predicted octanol–water partition coefficient (Wildman–Crippen LogP) is 3.68. The molecule has 0 saturated carbocycles. The summed E-state index contributed by atoms with van der Waals surface area (Å²) in [5, 5.41) is 0. The number of alkyl halides is 3. The monoisotopic (exact) mass is 396 g/mol. The van der Waals surface area contributed by atoms with Crippen molar-refractivity contribution in [3.8, 4) is 5.75 Å². The van der Waals surface area contributed by atoms with Crippen LogP contribution in [-0.2, 0) is 6.18 Å². The summed E-state index contributed by atoms with van der Waals surface area (Å²) in [7, 11) is 0. The van der Waals surface area contributed by atoms with Crippen LogP contribution < -0.4 is 4.74 Å². The first kappa shape index (κ1) is 20.1. The largest absolute Gasteiger partial charge is 0.489 e. The highest BCUT2D eigenvalue weighted by Crippen LogP contribution is 2.29. The van der Waals surface area contributed by atoms with Crippen LogP contribution in [0.1, 0.15) is 15.9 Å². The van der Waals surface area contributed by atoms with Gasteiger partial charge in [-0.25, -0.2) is 4.39 Å². The molecule has 0 N–H and O–H groups in total. The molecule has 28 heavy (non-hydrogen) atoms. The molecule has 1 heterocycles. The van der Waals surface area contributed by atoms with E-state index in [2.05, 4.69) is 4.90 Å². The molecule has 1 amide bonds. The molecule has 1 aliphatic rings. The molecular weight excluding hydrogens is 376 g/mol. The van der Waals surface area contributed by atoms with E-state index in [-0.39, 0.29) is 17.2 Å². The molecule has 8 heteroatoms. The number of amides is 1. The summed E-state index contributed by atoms with van der Waals surface area (Å²) in [6, 6.07) is 10.4. The highest BCUT2D eigenvalue weighted by atomic mass is 19.4. The molecule has 4 nitrogen and oxygen atoms in total. The van der Waals surface area contributed by atoms with Crippen LogP contribution >= 0.6 is 0 Å². The van der Waals surface area contributed by atoms with Crippen molar-refractivity contribution >= 4 is 5.91 Å². The maximum Gasteiger partial charge on any atom is 0.416 e. The number of carbonyl (C=O) groups is 1. The molecule has 2 aromatic rings. The molecule has 3 rings (SSSR count). The van der Waals surface area contributed by atoms with Crippen molar-refractivity contribution < 1.29 is 27.1 Å². The summed E-state index contributed by atoms with van der Waals surface area (Å²) < 4.78 is 56.8. The van der Waals surface area contributed by atoms with Gasteiger partial charge in [-0.2, -0.15) is 13.2 Å². The minimum Gasteiger partial charge on any atom is -0.489 e. The lowest BCUT2D eigenvalue weighted by atomic mass is 10.1. The van der Waals surface area contributed by atoms with E-state index in [1.807, 2.05) is 0 Å². The number of hydrogen-bond donors (Lipinski definition) is 0. The Morgan fingerprint density at radius 1 is 0.964 bits per heavy atom. The van der Waals surface area contributed by atoms with Gasteiger partial charge < -0.3 is 9.64 Å². The predicted molar refractivity (Wildman–Crippen MR) is 95.7 cm³/mol. The van der Waals surface area contributed by atoms with Gasteiger partial charge in [0.1, 0.15) is 6.61 Å². The van der Waals surface area contributed by atoms with Crippen LogP contribution in [0, 0.1) is 5.82 Å². The van der Waals surface area contributed by atoms with Crippen molar-refractivity contribution in [3.63, 3.8) is 0 Å². The number of halogens is 4. The summed E-state index contributed by atoms with van der Waals surface area (Å²) in [5.74, 6) is -0.482. The Bertz CT molecular complexity index is 801. The number of para-hydroxylation sites is 1. The number of rotatable bonds is 5. The normalized spacial score (nSPS) is 15.5. The molecule has 0 aliphatic carbocycles. The van der Waals surface area contributed by atoms with Gasteiger partial charge in [0.2, 0.25) is 0 Å². The fourth-order valence-corrected chi connectivity index (χ4v) is 3.01. The van der Waals surface area contributed by atoms with Gasteiger partial charge in [0.25, 0.3) is 5.91 Å². The molecule has 0 bridgehead atoms. The van der Waals surface area contributed by atoms with E-state index in [1.54, 1.807) is 23.1 Å². The molecule has 2 aromatic carbocycles. The summed E-state index contributed by atoms with van der Waals surface area (Å²) in [4.78, 5) is 16.2. The molecule has 1 aliphatic heterocycles. The Hall–Kier alpha value is -2.61. The minimum atomic E-state index is -4.42. The first-order chi connectivity index (χ1) is 13.3. The van der Waals surface area contributed by atoms with Gasteiger partial charge in [-0.05, 0) is 36.4 Å². The lowest BCUT2D eigenvalue weighted by Gasteiger charge is -2.34. The second-order valence-corrected chi connectivity index (χ2v) is 6.49. The summed E-state index contributed by atoms with van der Waals surface area (Å²) in [5.41, 5.74) is -0.534. The van der Waals surface area contributed by atoms with E-state index in [0.717, 1.165) is 12.1 Å². The Kier molecular flexibility index (Phi) is 6.18. The van der Waals surface area contributed by atoms with Crippen LogP contribution in [0.25, 0.3) is 0 Å². The third-order valence-electron chi connectivity index (χ3n) is 4.62. The smallest absolute Gasteiger partial charge is 0.416 e. The van der Waals surface area contributed by atoms with Crippen molar-refractivity contribution in [2.75, 3.05) is 39.3 Å². The Morgan fingerprint density at radius 2 is 1.61 bits per heavy atom. The fourth-order valence-electron chi connectivity index (χ4n) is 3.01. The molecule has 0 aromatic heterocycles. The molecule has 0 spiro atoms. The number of piperazine rings is 1. The van der Waals surface area contributed by atoms with E-state index in [9.17, 15) is 22.4 Å². The maximum atomic E-state index is 13.5. The van der Waals surface area contributed by atoms with Crippen molar-refractivity contribution in [3.05, 3.63) is 65.5 Å². The third-order valence-corrected chi connectivity index (χ3v) is 4.62. The van der Waals surface area contributed by atoms with Crippen molar-refractivity contribution in [1.82, 2.24) is 9.80 Å². The van der Waals surface area contributed by atoms with Crippen LogP contribution in [-0.4, -0.2) is 55.0 Å². The average Bonchev–Trinajstić information content (AvgIpc) is 2.69. The Morgan fingerprint density at radius 3 is 2.21 bits per heavy atom. The first-order valence-electron chi connectivity index (χ1n) is 8.91. The number of ether oxygens (including phenoxy) is 1. The van der Waals surface area contributed by atoms with Crippen LogP contribution in [0.15, 0.2) is 48.5 Å². The van der Waals surface area contributed by atoms with Crippen LogP contribution in [0.5, 0.6) is 5.75 Å². The maximum absolute atomic E-state index is 13.5. The second-order valence-electron chi connectivity index (χ2n) is 6.49. The topological polar surface area (TPSA) is 32.8 Å². The molecule has 1 saturated heterocycles. The van der Waals surface area contributed by atoms with Gasteiger partial charge in [-0.1, -0.05) is 12.1 Å². The van der Waals surface area contributed by atoms with Gasteiger partial charge >= 0.3 is 6.18 Å². The molecule has 150 valence electrons. The van der Waals surface area contributed by atoms with Crippen molar-refractivity contribution in [2.45, 2.75) is 6.18 Å². The van der Waals surface area contributed by atoms with E-state index < -0.39 is 17.6 Å². The number of nitrogens with zero attached hydrogens (tertiary/aromatic N) is 2. The summed E-state index contributed by atoms with van der Waals surface area (Å²) in [6.07, 6.45) is -4.42. The number of carbonyl (C=O) groups excluding carboxylic acids is 1. The number of hydrogen-bond acceptors (Lipinski definition) is 3. The minimum absolute atomic E-state index is 0.207. The zero-order chi connectivity index (χ0) is 20.1. The molecule has 1 fully saturated rings. The molecule has 0 radical (unpaired) electrons. The molecular formula is C20H20F4N2O2. The Balaban J connectivity index is 1.45. The van der Waals surface area contributed by atoms with E-state index >= 15 is 0 Å². The average molecular weight is 396 g/mol. The van der Waals surface area contributed by atoms with Crippen molar-refractivity contribution in [2.24, 2.45) is 0 Å². The summed E-state index contributed by atoms with van der Waals surface area (Å²) >= 11 is 0. The molecule has 0 atom stereocenters. The van der Waals surface area contributed by atoms with Crippen LogP contribution in [0.2, 0.25) is 0 Å². The quantitative estimate of drug-likeness (QED) is 0.723. The van der Waals surface area contributed by atoms with Gasteiger partial charge in [-0.3, -0.25) is 9.69 Å². The van der Waals surface area contributed by atoms with E-state index in [4.69, 9.17) is 4.74 Å². The number of benzene rings is 2. The lowest BCUT2D eigenvalue weighted by molar-refractivity contribution is -0.137. The highest BCUT2D eigenvalue weighted by molar-refractivity contribution is 5.94. The van der Waals surface area contributed by atoms with Gasteiger partial charge in [-0.15, -0.1) is 0 Å². The first-order valence-corrected chi connectivity index (χ1v) is 8.91. The SMILES string of the molecule is O=C(c1ccc(C(F)(F)F)cc1)N1CCN(CCOc2ccccc2F)CC1. The molecule has 0 unspecified atom stereocenters. The van der Waals surface area contributed by atoms with E-state index in [1.165, 1.54) is 18.2 Å². The van der Waals surface area contributed by atoms with Gasteiger partial charge in [0.05, 0.1) is 5.56 Å². The second kappa shape index (κ2) is 8.60. The van der Waals surface area contributed by atoms with Crippen LogP contribution in [0.3, 0.4) is 0 Å². The van der Waals surface area contributed by atoms with E-state index in [0.29, 0.717) is 39.3 Å². The van der Waals surface area contributed by atoms with Gasteiger partial charge in [0, 0.05) is 38.3 Å². The van der Waals surface area contributed by atoms with Gasteiger partial charge in [0.15, 0.2) is 11.6 Å². The Labute approximate surface area is 160 Å². The third kappa shape index (κ3) is 5.01. The fraction of sp³-hybridized carbons (Fsp3) is 0.350.